The van der Waals surface area contributed by atoms with Crippen LogP contribution < -0.4 is 10.6 Å². The topological polar surface area (TPSA) is 41.1 Å². The first-order valence-corrected chi connectivity index (χ1v) is 5.90. The molecular weight excluding hydrogens is 200 g/mol. The molecule has 0 aromatic heterocycles. The van der Waals surface area contributed by atoms with E-state index in [1.807, 2.05) is 30.3 Å². The van der Waals surface area contributed by atoms with Crippen LogP contribution in [0.5, 0.6) is 0 Å². The van der Waals surface area contributed by atoms with Gasteiger partial charge in [-0.15, -0.1) is 0 Å². The van der Waals surface area contributed by atoms with Gasteiger partial charge in [0.2, 0.25) is 5.91 Å². The molecule has 2 N–H and O–H groups in total. The fourth-order valence-corrected chi connectivity index (χ4v) is 2.08. The molecule has 3 heteroatoms. The summed E-state index contributed by atoms with van der Waals surface area (Å²) in [5.41, 5.74) is 0.890. The Hall–Kier alpha value is -1.35. The second-order valence-electron chi connectivity index (χ2n) is 4.31. The lowest BCUT2D eigenvalue weighted by molar-refractivity contribution is -0.117. The van der Waals surface area contributed by atoms with Gasteiger partial charge in [-0.3, -0.25) is 4.79 Å². The van der Waals surface area contributed by atoms with Crippen molar-refractivity contribution >= 4 is 11.6 Å². The Morgan fingerprint density at radius 3 is 2.62 bits per heavy atom. The molecular formula is C13H18N2O. The van der Waals surface area contributed by atoms with Crippen LogP contribution in [0.4, 0.5) is 5.69 Å². The summed E-state index contributed by atoms with van der Waals surface area (Å²) in [5.74, 6) is 0.683. The minimum absolute atomic E-state index is 0.137. The highest BCUT2D eigenvalue weighted by Gasteiger charge is 2.16. The summed E-state index contributed by atoms with van der Waals surface area (Å²) >= 11 is 0. The number of carbonyl (C=O) groups excluding carboxylic acids is 1. The van der Waals surface area contributed by atoms with Crippen molar-refractivity contribution < 1.29 is 4.79 Å². The number of amides is 1. The van der Waals surface area contributed by atoms with Gasteiger partial charge < -0.3 is 10.6 Å². The van der Waals surface area contributed by atoms with Crippen LogP contribution in [-0.4, -0.2) is 19.0 Å². The average molecular weight is 218 g/mol. The fourth-order valence-electron chi connectivity index (χ4n) is 2.08. The second-order valence-corrected chi connectivity index (χ2v) is 4.31. The Bertz CT molecular complexity index is 331. The van der Waals surface area contributed by atoms with Crippen molar-refractivity contribution in [2.45, 2.75) is 19.3 Å². The highest BCUT2D eigenvalue weighted by Crippen LogP contribution is 2.16. The molecule has 0 unspecified atom stereocenters. The van der Waals surface area contributed by atoms with Gasteiger partial charge >= 0.3 is 0 Å². The minimum Gasteiger partial charge on any atom is -0.326 e. The van der Waals surface area contributed by atoms with Crippen LogP contribution in [-0.2, 0) is 4.79 Å². The number of para-hydroxylation sites is 1. The number of benzene rings is 1. The number of piperidine rings is 1. The van der Waals surface area contributed by atoms with Crippen LogP contribution in [0.3, 0.4) is 0 Å². The molecule has 0 atom stereocenters. The standard InChI is InChI=1S/C13H18N2O/c16-13(10-11-6-8-14-9-7-11)15-12-4-2-1-3-5-12/h1-5,11,14H,6-10H2,(H,15,16). The van der Waals surface area contributed by atoms with E-state index in [2.05, 4.69) is 10.6 Å². The first-order valence-electron chi connectivity index (χ1n) is 5.90. The van der Waals surface area contributed by atoms with E-state index in [0.29, 0.717) is 12.3 Å². The Labute approximate surface area is 96.2 Å². The van der Waals surface area contributed by atoms with Gasteiger partial charge in [-0.25, -0.2) is 0 Å². The third kappa shape index (κ3) is 3.35. The summed E-state index contributed by atoms with van der Waals surface area (Å²) in [6.07, 6.45) is 2.88. The number of carbonyl (C=O) groups is 1. The molecule has 0 spiro atoms. The third-order valence-corrected chi connectivity index (χ3v) is 2.99. The first kappa shape index (κ1) is 11.1. The van der Waals surface area contributed by atoms with Gasteiger partial charge in [0, 0.05) is 12.1 Å². The maximum atomic E-state index is 11.7. The maximum Gasteiger partial charge on any atom is 0.224 e. The van der Waals surface area contributed by atoms with E-state index >= 15 is 0 Å². The van der Waals surface area contributed by atoms with Gasteiger partial charge in [0.1, 0.15) is 0 Å². The Morgan fingerprint density at radius 1 is 1.25 bits per heavy atom. The zero-order valence-electron chi connectivity index (χ0n) is 9.41. The van der Waals surface area contributed by atoms with Crippen LogP contribution in [0, 0.1) is 5.92 Å². The van der Waals surface area contributed by atoms with E-state index in [4.69, 9.17) is 0 Å². The lowest BCUT2D eigenvalue weighted by Gasteiger charge is -2.21. The summed E-state index contributed by atoms with van der Waals surface area (Å²) in [7, 11) is 0. The molecule has 3 nitrogen and oxygen atoms in total. The van der Waals surface area contributed by atoms with Gasteiger partial charge in [0.25, 0.3) is 0 Å². The van der Waals surface area contributed by atoms with Crippen molar-refractivity contribution in [1.82, 2.24) is 5.32 Å². The monoisotopic (exact) mass is 218 g/mol. The number of rotatable bonds is 3. The normalized spacial score (nSPS) is 17.0. The van der Waals surface area contributed by atoms with Crippen LogP contribution in [0.1, 0.15) is 19.3 Å². The molecule has 1 aromatic carbocycles. The predicted molar refractivity (Wildman–Crippen MR) is 65.3 cm³/mol. The zero-order valence-corrected chi connectivity index (χ0v) is 9.41. The predicted octanol–water partition coefficient (Wildman–Crippen LogP) is 2.01. The molecule has 2 rings (SSSR count). The maximum absolute atomic E-state index is 11.7. The van der Waals surface area contributed by atoms with Crippen molar-refractivity contribution in [3.63, 3.8) is 0 Å². The average Bonchev–Trinajstić information content (AvgIpc) is 2.31. The summed E-state index contributed by atoms with van der Waals surface area (Å²) in [5, 5.41) is 6.24. The largest absolute Gasteiger partial charge is 0.326 e. The summed E-state index contributed by atoms with van der Waals surface area (Å²) in [4.78, 5) is 11.7. The molecule has 1 fully saturated rings. The summed E-state index contributed by atoms with van der Waals surface area (Å²) in [6, 6.07) is 9.64. The molecule has 1 aromatic rings. The lowest BCUT2D eigenvalue weighted by atomic mass is 9.94. The Kier molecular flexibility index (Phi) is 3.94. The van der Waals surface area contributed by atoms with Crippen molar-refractivity contribution in [2.24, 2.45) is 5.92 Å². The van der Waals surface area contributed by atoms with Gasteiger partial charge in [-0.05, 0) is 44.0 Å². The summed E-state index contributed by atoms with van der Waals surface area (Å²) in [6.45, 7) is 2.09. The quantitative estimate of drug-likeness (QED) is 0.815. The van der Waals surface area contributed by atoms with Crippen LogP contribution in [0.15, 0.2) is 30.3 Å². The SMILES string of the molecule is O=C(CC1CCNCC1)Nc1ccccc1. The van der Waals surface area contributed by atoms with Gasteiger partial charge in [-0.1, -0.05) is 18.2 Å². The van der Waals surface area contributed by atoms with E-state index in [9.17, 15) is 4.79 Å². The molecule has 1 amide bonds. The highest BCUT2D eigenvalue weighted by molar-refractivity contribution is 5.90. The molecule has 0 bridgehead atoms. The van der Waals surface area contributed by atoms with Crippen molar-refractivity contribution in [3.8, 4) is 0 Å². The number of anilines is 1. The molecule has 1 saturated heterocycles. The van der Waals surface area contributed by atoms with Gasteiger partial charge in [0.05, 0.1) is 0 Å². The van der Waals surface area contributed by atoms with E-state index in [1.165, 1.54) is 0 Å². The van der Waals surface area contributed by atoms with Crippen LogP contribution in [0.2, 0.25) is 0 Å². The van der Waals surface area contributed by atoms with E-state index < -0.39 is 0 Å². The van der Waals surface area contributed by atoms with Gasteiger partial charge in [0.15, 0.2) is 0 Å². The van der Waals surface area contributed by atoms with Crippen molar-refractivity contribution in [1.29, 1.82) is 0 Å². The molecule has 1 aliphatic rings. The van der Waals surface area contributed by atoms with E-state index in [0.717, 1.165) is 31.6 Å². The molecule has 1 heterocycles. The highest BCUT2D eigenvalue weighted by atomic mass is 16.1. The van der Waals surface area contributed by atoms with Crippen molar-refractivity contribution in [3.05, 3.63) is 30.3 Å². The molecule has 1 aliphatic heterocycles. The molecule has 0 aliphatic carbocycles. The molecule has 0 saturated carbocycles. The van der Waals surface area contributed by atoms with Crippen LogP contribution >= 0.6 is 0 Å². The first-order chi connectivity index (χ1) is 7.84. The van der Waals surface area contributed by atoms with Crippen LogP contribution in [0.25, 0.3) is 0 Å². The lowest BCUT2D eigenvalue weighted by Crippen LogP contribution is -2.30. The Morgan fingerprint density at radius 2 is 1.94 bits per heavy atom. The van der Waals surface area contributed by atoms with Crippen molar-refractivity contribution in [2.75, 3.05) is 18.4 Å². The molecule has 86 valence electrons. The smallest absolute Gasteiger partial charge is 0.224 e. The second kappa shape index (κ2) is 5.66. The Balaban J connectivity index is 1.80. The van der Waals surface area contributed by atoms with E-state index in [1.54, 1.807) is 0 Å². The number of hydrogen-bond acceptors (Lipinski definition) is 2. The van der Waals surface area contributed by atoms with Gasteiger partial charge in [-0.2, -0.15) is 0 Å². The molecule has 16 heavy (non-hydrogen) atoms. The summed E-state index contributed by atoms with van der Waals surface area (Å²) < 4.78 is 0. The zero-order chi connectivity index (χ0) is 11.2. The number of nitrogens with one attached hydrogen (secondary N) is 2. The fraction of sp³-hybridized carbons (Fsp3) is 0.462. The minimum atomic E-state index is 0.137. The molecule has 0 radical (unpaired) electrons. The number of hydrogen-bond donors (Lipinski definition) is 2. The third-order valence-electron chi connectivity index (χ3n) is 2.99. The van der Waals surface area contributed by atoms with E-state index in [-0.39, 0.29) is 5.91 Å².